The Bertz CT molecular complexity index is 529. The molecule has 0 aliphatic carbocycles. The molecule has 0 aliphatic heterocycles. The highest BCUT2D eigenvalue weighted by molar-refractivity contribution is 5.99. The minimum atomic E-state index is -0.129. The number of rotatable bonds is 3. The van der Waals surface area contributed by atoms with E-state index >= 15 is 0 Å². The minimum absolute atomic E-state index is 0.129. The largest absolute Gasteiger partial charge is 0.322 e. The molecular weight excluding hydrogens is 214 g/mol. The molecule has 0 fully saturated rings. The normalized spacial score (nSPS) is 10.6. The third-order valence-electron chi connectivity index (χ3n) is 2.23. The Morgan fingerprint density at radius 3 is 3.06 bits per heavy atom. The summed E-state index contributed by atoms with van der Waals surface area (Å²) in [6.45, 7) is 1.81. The van der Waals surface area contributed by atoms with Crippen molar-refractivity contribution in [3.63, 3.8) is 0 Å². The highest BCUT2D eigenvalue weighted by Gasteiger charge is 2.00. The first-order valence-electron chi connectivity index (χ1n) is 5.31. The zero-order valence-electron chi connectivity index (χ0n) is 9.50. The molecule has 1 amide bonds. The van der Waals surface area contributed by atoms with E-state index in [-0.39, 0.29) is 5.91 Å². The van der Waals surface area contributed by atoms with E-state index in [1.165, 1.54) is 6.08 Å². The van der Waals surface area contributed by atoms with Crippen LogP contribution in [0.3, 0.4) is 0 Å². The van der Waals surface area contributed by atoms with Gasteiger partial charge in [-0.05, 0) is 31.2 Å². The monoisotopic (exact) mass is 227 g/mol. The maximum absolute atomic E-state index is 11.4. The lowest BCUT2D eigenvalue weighted by molar-refractivity contribution is -0.111. The predicted molar refractivity (Wildman–Crippen MR) is 67.0 cm³/mol. The van der Waals surface area contributed by atoms with Crippen LogP contribution in [0.4, 0.5) is 5.69 Å². The Labute approximate surface area is 99.6 Å². The smallest absolute Gasteiger partial charge is 0.248 e. The Hall–Kier alpha value is -2.36. The van der Waals surface area contributed by atoms with Crippen molar-refractivity contribution in [1.82, 2.24) is 9.55 Å². The molecule has 1 aromatic heterocycles. The Balaban J connectivity index is 2.20. The van der Waals surface area contributed by atoms with Crippen LogP contribution in [0, 0.1) is 0 Å². The molecule has 4 nitrogen and oxygen atoms in total. The van der Waals surface area contributed by atoms with Crippen molar-refractivity contribution in [2.45, 2.75) is 6.92 Å². The highest BCUT2D eigenvalue weighted by atomic mass is 16.1. The van der Waals surface area contributed by atoms with Crippen LogP contribution >= 0.6 is 0 Å². The molecule has 0 aliphatic rings. The average molecular weight is 227 g/mol. The van der Waals surface area contributed by atoms with E-state index in [1.54, 1.807) is 18.6 Å². The summed E-state index contributed by atoms with van der Waals surface area (Å²) in [7, 11) is 0. The summed E-state index contributed by atoms with van der Waals surface area (Å²) in [6, 6.07) is 7.58. The molecule has 0 atom stereocenters. The minimum Gasteiger partial charge on any atom is -0.322 e. The Morgan fingerprint density at radius 1 is 1.47 bits per heavy atom. The fourth-order valence-electron chi connectivity index (χ4n) is 1.49. The molecule has 0 bridgehead atoms. The maximum atomic E-state index is 11.4. The second-order valence-corrected chi connectivity index (χ2v) is 3.51. The molecule has 2 rings (SSSR count). The van der Waals surface area contributed by atoms with Crippen LogP contribution in [0.15, 0.2) is 55.1 Å². The summed E-state index contributed by atoms with van der Waals surface area (Å²) in [4.78, 5) is 15.4. The van der Waals surface area contributed by atoms with Gasteiger partial charge < -0.3 is 9.88 Å². The number of nitrogens with one attached hydrogen (secondary N) is 1. The van der Waals surface area contributed by atoms with Gasteiger partial charge in [-0.2, -0.15) is 0 Å². The molecule has 1 aromatic carbocycles. The van der Waals surface area contributed by atoms with Gasteiger partial charge in [0.15, 0.2) is 0 Å². The molecule has 0 unspecified atom stereocenters. The van der Waals surface area contributed by atoms with Crippen LogP contribution in [-0.2, 0) is 4.79 Å². The zero-order valence-corrected chi connectivity index (χ0v) is 9.50. The van der Waals surface area contributed by atoms with Gasteiger partial charge in [-0.25, -0.2) is 4.98 Å². The molecular formula is C13H13N3O. The second kappa shape index (κ2) is 5.12. The van der Waals surface area contributed by atoms with E-state index in [1.807, 2.05) is 42.0 Å². The number of amides is 1. The van der Waals surface area contributed by atoms with Crippen LogP contribution in [-0.4, -0.2) is 15.5 Å². The molecule has 0 radical (unpaired) electrons. The van der Waals surface area contributed by atoms with Gasteiger partial charge in [0, 0.05) is 23.8 Å². The molecule has 0 spiro atoms. The van der Waals surface area contributed by atoms with Crippen molar-refractivity contribution in [1.29, 1.82) is 0 Å². The van der Waals surface area contributed by atoms with Crippen molar-refractivity contribution in [2.24, 2.45) is 0 Å². The number of imidazole rings is 1. The topological polar surface area (TPSA) is 46.9 Å². The van der Waals surface area contributed by atoms with E-state index in [0.717, 1.165) is 11.4 Å². The standard InChI is InChI=1S/C13H13N3O/c1-2-4-13(17)15-11-5-3-6-12(9-11)16-8-7-14-10-16/h2-10H,1H3,(H,15,17). The van der Waals surface area contributed by atoms with E-state index in [4.69, 9.17) is 0 Å². The lowest BCUT2D eigenvalue weighted by Crippen LogP contribution is -2.07. The molecule has 2 aromatic rings. The van der Waals surface area contributed by atoms with Gasteiger partial charge in [-0.3, -0.25) is 4.79 Å². The maximum Gasteiger partial charge on any atom is 0.248 e. The predicted octanol–water partition coefficient (Wildman–Crippen LogP) is 2.39. The van der Waals surface area contributed by atoms with Crippen molar-refractivity contribution < 1.29 is 4.79 Å². The van der Waals surface area contributed by atoms with Gasteiger partial charge >= 0.3 is 0 Å². The summed E-state index contributed by atoms with van der Waals surface area (Å²) in [5, 5.41) is 2.79. The Kier molecular flexibility index (Phi) is 3.35. The van der Waals surface area contributed by atoms with Gasteiger partial charge in [0.2, 0.25) is 5.91 Å². The lowest BCUT2D eigenvalue weighted by atomic mass is 10.2. The van der Waals surface area contributed by atoms with E-state index in [0.29, 0.717) is 0 Å². The van der Waals surface area contributed by atoms with E-state index in [9.17, 15) is 4.79 Å². The summed E-state index contributed by atoms with van der Waals surface area (Å²) in [5.74, 6) is -0.129. The zero-order chi connectivity index (χ0) is 12.1. The highest BCUT2D eigenvalue weighted by Crippen LogP contribution is 2.14. The van der Waals surface area contributed by atoms with Crippen LogP contribution < -0.4 is 5.32 Å². The number of anilines is 1. The van der Waals surface area contributed by atoms with Crippen molar-refractivity contribution in [3.05, 3.63) is 55.1 Å². The van der Waals surface area contributed by atoms with Gasteiger partial charge in [-0.1, -0.05) is 12.1 Å². The summed E-state index contributed by atoms with van der Waals surface area (Å²) >= 11 is 0. The van der Waals surface area contributed by atoms with E-state index in [2.05, 4.69) is 10.3 Å². The summed E-state index contributed by atoms with van der Waals surface area (Å²) < 4.78 is 1.88. The van der Waals surface area contributed by atoms with Crippen molar-refractivity contribution in [3.8, 4) is 5.69 Å². The third-order valence-corrected chi connectivity index (χ3v) is 2.23. The SMILES string of the molecule is CC=CC(=O)Nc1cccc(-n2ccnc2)c1. The first-order chi connectivity index (χ1) is 8.29. The average Bonchev–Trinajstić information content (AvgIpc) is 2.83. The van der Waals surface area contributed by atoms with Crippen LogP contribution in [0.1, 0.15) is 6.92 Å². The molecule has 17 heavy (non-hydrogen) atoms. The molecule has 1 N–H and O–H groups in total. The van der Waals surface area contributed by atoms with Gasteiger partial charge in [0.05, 0.1) is 6.33 Å². The second-order valence-electron chi connectivity index (χ2n) is 3.51. The van der Waals surface area contributed by atoms with Crippen LogP contribution in [0.5, 0.6) is 0 Å². The summed E-state index contributed by atoms with van der Waals surface area (Å²) in [6.07, 6.45) is 8.48. The molecule has 4 heteroatoms. The fraction of sp³-hybridized carbons (Fsp3) is 0.0769. The van der Waals surface area contributed by atoms with Gasteiger partial charge in [-0.15, -0.1) is 0 Å². The van der Waals surface area contributed by atoms with Crippen LogP contribution in [0.25, 0.3) is 5.69 Å². The fourth-order valence-corrected chi connectivity index (χ4v) is 1.49. The first-order valence-corrected chi connectivity index (χ1v) is 5.31. The van der Waals surface area contributed by atoms with Gasteiger partial charge in [0.1, 0.15) is 0 Å². The Morgan fingerprint density at radius 2 is 2.35 bits per heavy atom. The molecule has 1 heterocycles. The van der Waals surface area contributed by atoms with Gasteiger partial charge in [0.25, 0.3) is 0 Å². The summed E-state index contributed by atoms with van der Waals surface area (Å²) in [5.41, 5.74) is 1.72. The van der Waals surface area contributed by atoms with Crippen molar-refractivity contribution >= 4 is 11.6 Å². The molecule has 0 saturated carbocycles. The number of hydrogen-bond acceptors (Lipinski definition) is 2. The van der Waals surface area contributed by atoms with Crippen LogP contribution in [0.2, 0.25) is 0 Å². The lowest BCUT2D eigenvalue weighted by Gasteiger charge is -2.06. The number of aromatic nitrogens is 2. The first kappa shape index (κ1) is 11.1. The number of benzene rings is 1. The molecule has 0 saturated heterocycles. The van der Waals surface area contributed by atoms with E-state index < -0.39 is 0 Å². The molecule has 86 valence electrons. The number of carbonyl (C=O) groups excluding carboxylic acids is 1. The van der Waals surface area contributed by atoms with Crippen molar-refractivity contribution in [2.75, 3.05) is 5.32 Å². The third kappa shape index (κ3) is 2.81. The number of carbonyl (C=O) groups is 1. The number of allylic oxidation sites excluding steroid dienone is 1. The number of hydrogen-bond donors (Lipinski definition) is 1. The quantitative estimate of drug-likeness (QED) is 0.818. The number of nitrogens with zero attached hydrogens (tertiary/aromatic N) is 2.